The standard InChI is InChI=1S/C20H20O5/c1-12(2)3-4-13-9-14(5-8-17(13)22)18(23)11-20(25)16-7-6-15(21)10-19(16)24/h3,5-10,21-22,24H,4,11H2,1-2H3. The Balaban J connectivity index is 2.19. The molecule has 5 heteroatoms. The van der Waals surface area contributed by atoms with Crippen LogP contribution in [0.5, 0.6) is 17.2 Å². The Bertz CT molecular complexity index is 845. The highest BCUT2D eigenvalue weighted by molar-refractivity contribution is 6.14. The fourth-order valence-electron chi connectivity index (χ4n) is 2.34. The minimum absolute atomic E-state index is 0.0188. The van der Waals surface area contributed by atoms with Crippen LogP contribution in [0.3, 0.4) is 0 Å². The number of phenolic OH excluding ortho intramolecular Hbond substituents is 3. The summed E-state index contributed by atoms with van der Waals surface area (Å²) in [7, 11) is 0. The van der Waals surface area contributed by atoms with Crippen molar-refractivity contribution < 1.29 is 24.9 Å². The molecule has 0 aliphatic rings. The van der Waals surface area contributed by atoms with Crippen molar-refractivity contribution in [3.05, 3.63) is 64.7 Å². The lowest BCUT2D eigenvalue weighted by Crippen LogP contribution is -2.09. The van der Waals surface area contributed by atoms with Gasteiger partial charge in [-0.2, -0.15) is 0 Å². The lowest BCUT2D eigenvalue weighted by atomic mass is 9.98. The topological polar surface area (TPSA) is 94.8 Å². The van der Waals surface area contributed by atoms with Crippen LogP contribution >= 0.6 is 0 Å². The summed E-state index contributed by atoms with van der Waals surface area (Å²) < 4.78 is 0. The van der Waals surface area contributed by atoms with Crippen molar-refractivity contribution in [2.75, 3.05) is 0 Å². The van der Waals surface area contributed by atoms with Crippen molar-refractivity contribution in [2.24, 2.45) is 0 Å². The molecule has 0 spiro atoms. The summed E-state index contributed by atoms with van der Waals surface area (Å²) in [5, 5.41) is 28.9. The quantitative estimate of drug-likeness (QED) is 0.423. The van der Waals surface area contributed by atoms with Gasteiger partial charge in [0, 0.05) is 11.6 Å². The molecule has 0 amide bonds. The highest BCUT2D eigenvalue weighted by Gasteiger charge is 2.18. The molecule has 0 fully saturated rings. The second-order valence-corrected chi connectivity index (χ2v) is 6.05. The van der Waals surface area contributed by atoms with Crippen molar-refractivity contribution in [1.82, 2.24) is 0 Å². The van der Waals surface area contributed by atoms with Crippen LogP contribution in [0, 0.1) is 0 Å². The lowest BCUT2D eigenvalue weighted by Gasteiger charge is -2.07. The molecule has 0 atom stereocenters. The van der Waals surface area contributed by atoms with E-state index in [2.05, 4.69) is 0 Å². The normalized spacial score (nSPS) is 10.3. The molecule has 130 valence electrons. The third-order valence-corrected chi connectivity index (χ3v) is 3.73. The molecule has 0 unspecified atom stereocenters. The van der Waals surface area contributed by atoms with Crippen molar-refractivity contribution in [3.8, 4) is 17.2 Å². The number of ketones is 2. The maximum absolute atomic E-state index is 12.4. The van der Waals surface area contributed by atoms with Crippen molar-refractivity contribution in [3.63, 3.8) is 0 Å². The molecule has 0 aliphatic heterocycles. The van der Waals surface area contributed by atoms with E-state index in [-0.39, 0.29) is 22.8 Å². The van der Waals surface area contributed by atoms with E-state index >= 15 is 0 Å². The maximum atomic E-state index is 12.4. The Morgan fingerprint density at radius 1 is 0.920 bits per heavy atom. The predicted molar refractivity (Wildman–Crippen MR) is 94.3 cm³/mol. The van der Waals surface area contributed by atoms with Gasteiger partial charge >= 0.3 is 0 Å². The van der Waals surface area contributed by atoms with Gasteiger partial charge in [-0.1, -0.05) is 11.6 Å². The number of allylic oxidation sites excluding steroid dienone is 2. The summed E-state index contributed by atoms with van der Waals surface area (Å²) >= 11 is 0. The van der Waals surface area contributed by atoms with Gasteiger partial charge in [-0.15, -0.1) is 0 Å². The zero-order chi connectivity index (χ0) is 18.6. The van der Waals surface area contributed by atoms with E-state index in [1.165, 1.54) is 24.3 Å². The number of carbonyl (C=O) groups excluding carboxylic acids is 2. The number of phenols is 3. The fraction of sp³-hybridized carbons (Fsp3) is 0.200. The van der Waals surface area contributed by atoms with Gasteiger partial charge in [0.25, 0.3) is 0 Å². The fourth-order valence-corrected chi connectivity index (χ4v) is 2.34. The molecule has 0 radical (unpaired) electrons. The molecule has 25 heavy (non-hydrogen) atoms. The average molecular weight is 340 g/mol. The second-order valence-electron chi connectivity index (χ2n) is 6.05. The summed E-state index contributed by atoms with van der Waals surface area (Å²) in [6.45, 7) is 3.88. The van der Waals surface area contributed by atoms with Crippen molar-refractivity contribution in [1.29, 1.82) is 0 Å². The highest BCUT2D eigenvalue weighted by atomic mass is 16.3. The van der Waals surface area contributed by atoms with Crippen LogP contribution in [-0.4, -0.2) is 26.9 Å². The second kappa shape index (κ2) is 7.66. The number of hydrogen-bond acceptors (Lipinski definition) is 5. The van der Waals surface area contributed by atoms with Gasteiger partial charge < -0.3 is 15.3 Å². The van der Waals surface area contributed by atoms with Crippen LogP contribution in [0.2, 0.25) is 0 Å². The first-order chi connectivity index (χ1) is 11.8. The summed E-state index contributed by atoms with van der Waals surface area (Å²) in [6.07, 6.45) is 2.01. The third-order valence-electron chi connectivity index (χ3n) is 3.73. The molecule has 0 aromatic heterocycles. The van der Waals surface area contributed by atoms with Gasteiger partial charge in [0.05, 0.1) is 12.0 Å². The number of aromatic hydroxyl groups is 3. The van der Waals surface area contributed by atoms with E-state index in [1.807, 2.05) is 19.9 Å². The smallest absolute Gasteiger partial charge is 0.174 e. The van der Waals surface area contributed by atoms with Crippen LogP contribution < -0.4 is 0 Å². The van der Waals surface area contributed by atoms with Gasteiger partial charge in [-0.25, -0.2) is 0 Å². The van der Waals surface area contributed by atoms with E-state index in [4.69, 9.17) is 0 Å². The molecule has 0 aliphatic carbocycles. The number of rotatable bonds is 6. The molecular weight excluding hydrogens is 320 g/mol. The largest absolute Gasteiger partial charge is 0.508 e. The molecule has 0 saturated heterocycles. The molecule has 0 heterocycles. The molecule has 3 N–H and O–H groups in total. The first kappa shape index (κ1) is 18.3. The third kappa shape index (κ3) is 4.70. The molecular formula is C20H20O5. The first-order valence-corrected chi connectivity index (χ1v) is 7.81. The zero-order valence-electron chi connectivity index (χ0n) is 14.1. The predicted octanol–water partition coefficient (Wildman–Crippen LogP) is 3.77. The van der Waals surface area contributed by atoms with Gasteiger partial charge in [0.15, 0.2) is 11.6 Å². The Kier molecular flexibility index (Phi) is 5.60. The minimum atomic E-state index is -0.540. The summed E-state index contributed by atoms with van der Waals surface area (Å²) in [4.78, 5) is 24.6. The van der Waals surface area contributed by atoms with E-state index in [1.54, 1.807) is 6.07 Å². The summed E-state index contributed by atoms with van der Waals surface area (Å²) in [5.74, 6) is -1.38. The minimum Gasteiger partial charge on any atom is -0.508 e. The SMILES string of the molecule is CC(C)=CCc1cc(C(=O)CC(=O)c2ccc(O)cc2O)ccc1O. The maximum Gasteiger partial charge on any atom is 0.174 e. The van der Waals surface area contributed by atoms with Crippen LogP contribution in [0.1, 0.15) is 46.5 Å². The van der Waals surface area contributed by atoms with Crippen LogP contribution in [-0.2, 0) is 6.42 Å². The molecule has 2 rings (SSSR count). The van der Waals surface area contributed by atoms with Crippen LogP contribution in [0.25, 0.3) is 0 Å². The van der Waals surface area contributed by atoms with E-state index in [0.717, 1.165) is 11.6 Å². The van der Waals surface area contributed by atoms with Gasteiger partial charge in [0.2, 0.25) is 0 Å². The number of benzene rings is 2. The van der Waals surface area contributed by atoms with E-state index in [0.29, 0.717) is 17.5 Å². The monoisotopic (exact) mass is 340 g/mol. The highest BCUT2D eigenvalue weighted by Crippen LogP contribution is 2.25. The van der Waals surface area contributed by atoms with E-state index in [9.17, 15) is 24.9 Å². The summed E-state index contributed by atoms with van der Waals surface area (Å²) in [5.41, 5.74) is 2.00. The van der Waals surface area contributed by atoms with E-state index < -0.39 is 18.0 Å². The Labute approximate surface area is 145 Å². The van der Waals surface area contributed by atoms with Gasteiger partial charge in [0.1, 0.15) is 17.2 Å². The molecule has 0 saturated carbocycles. The van der Waals surface area contributed by atoms with Crippen LogP contribution in [0.4, 0.5) is 0 Å². The Morgan fingerprint density at radius 3 is 2.28 bits per heavy atom. The lowest BCUT2D eigenvalue weighted by molar-refractivity contribution is 0.0893. The zero-order valence-corrected chi connectivity index (χ0v) is 14.1. The Hall–Kier alpha value is -3.08. The Morgan fingerprint density at radius 2 is 1.64 bits per heavy atom. The average Bonchev–Trinajstić information content (AvgIpc) is 2.53. The molecule has 5 nitrogen and oxygen atoms in total. The summed E-state index contributed by atoms with van der Waals surface area (Å²) in [6, 6.07) is 8.07. The number of hydrogen-bond donors (Lipinski definition) is 3. The molecule has 2 aromatic rings. The number of Topliss-reactive ketones (excluding diaryl/α,β-unsaturated/α-hetero) is 2. The van der Waals surface area contributed by atoms with Gasteiger partial charge in [-0.05, 0) is 56.2 Å². The molecule has 0 bridgehead atoms. The first-order valence-electron chi connectivity index (χ1n) is 7.81. The van der Waals surface area contributed by atoms with Gasteiger partial charge in [-0.3, -0.25) is 9.59 Å². The van der Waals surface area contributed by atoms with Crippen molar-refractivity contribution >= 4 is 11.6 Å². The molecule has 2 aromatic carbocycles. The number of carbonyl (C=O) groups is 2. The van der Waals surface area contributed by atoms with Crippen molar-refractivity contribution in [2.45, 2.75) is 26.7 Å². The van der Waals surface area contributed by atoms with Crippen LogP contribution in [0.15, 0.2) is 48.0 Å².